The standard InChI is InChI=1S/C13H9ClN2O4S/c14-11-5-9(16(19)20)2-1-8(11)7-21-10-3-4-15-12(6-10)13(17)18/h1-6H,7H2,(H,17,18). The van der Waals surface area contributed by atoms with Crippen LogP contribution >= 0.6 is 23.4 Å². The molecule has 0 bridgehead atoms. The maximum Gasteiger partial charge on any atom is 0.354 e. The Morgan fingerprint density at radius 3 is 2.76 bits per heavy atom. The number of non-ortho nitro benzene ring substituents is 1. The molecule has 0 unspecified atom stereocenters. The normalized spacial score (nSPS) is 10.3. The third-order valence-corrected chi connectivity index (χ3v) is 3.99. The first-order valence-electron chi connectivity index (χ1n) is 5.72. The molecule has 1 aromatic heterocycles. The van der Waals surface area contributed by atoms with Gasteiger partial charge in [0.15, 0.2) is 0 Å². The highest BCUT2D eigenvalue weighted by atomic mass is 35.5. The Morgan fingerprint density at radius 1 is 1.38 bits per heavy atom. The molecular weight excluding hydrogens is 316 g/mol. The molecule has 21 heavy (non-hydrogen) atoms. The van der Waals surface area contributed by atoms with Crippen molar-refractivity contribution in [2.45, 2.75) is 10.6 Å². The molecule has 0 amide bonds. The molecule has 2 rings (SSSR count). The average molecular weight is 325 g/mol. The Labute approximate surface area is 128 Å². The van der Waals surface area contributed by atoms with Gasteiger partial charge in [-0.2, -0.15) is 0 Å². The van der Waals surface area contributed by atoms with Crippen LogP contribution in [0, 0.1) is 10.1 Å². The van der Waals surface area contributed by atoms with Crippen molar-refractivity contribution in [1.82, 2.24) is 4.98 Å². The van der Waals surface area contributed by atoms with E-state index < -0.39 is 10.9 Å². The van der Waals surface area contributed by atoms with Crippen molar-refractivity contribution in [3.63, 3.8) is 0 Å². The Morgan fingerprint density at radius 2 is 2.14 bits per heavy atom. The zero-order valence-corrected chi connectivity index (χ0v) is 12.1. The van der Waals surface area contributed by atoms with Crippen LogP contribution in [0.4, 0.5) is 5.69 Å². The number of hydrogen-bond donors (Lipinski definition) is 1. The molecule has 0 aliphatic heterocycles. The summed E-state index contributed by atoms with van der Waals surface area (Å²) in [6, 6.07) is 7.43. The summed E-state index contributed by atoms with van der Waals surface area (Å²) < 4.78 is 0. The number of nitro groups is 1. The van der Waals surface area contributed by atoms with Gasteiger partial charge in [-0.25, -0.2) is 9.78 Å². The Kier molecular flexibility index (Phi) is 4.77. The van der Waals surface area contributed by atoms with Crippen LogP contribution in [0.25, 0.3) is 0 Å². The van der Waals surface area contributed by atoms with Crippen molar-refractivity contribution in [2.24, 2.45) is 0 Å². The number of benzene rings is 1. The molecule has 0 aliphatic carbocycles. The van der Waals surface area contributed by atoms with Gasteiger partial charge in [0.05, 0.1) is 9.95 Å². The predicted octanol–water partition coefficient (Wildman–Crippen LogP) is 3.63. The maximum atomic E-state index is 10.8. The number of nitrogens with zero attached hydrogens (tertiary/aromatic N) is 2. The lowest BCUT2D eigenvalue weighted by atomic mass is 10.2. The molecule has 2 aromatic rings. The number of aromatic carboxylic acids is 1. The predicted molar refractivity (Wildman–Crippen MR) is 78.9 cm³/mol. The van der Waals surface area contributed by atoms with Crippen LogP contribution in [0.3, 0.4) is 0 Å². The highest BCUT2D eigenvalue weighted by Crippen LogP contribution is 2.29. The van der Waals surface area contributed by atoms with E-state index in [0.29, 0.717) is 10.8 Å². The molecule has 1 heterocycles. The molecule has 0 fully saturated rings. The Hall–Kier alpha value is -2.12. The molecule has 6 nitrogen and oxygen atoms in total. The van der Waals surface area contributed by atoms with Gasteiger partial charge in [0.2, 0.25) is 0 Å². The SMILES string of the molecule is O=C(O)c1cc(SCc2ccc([N+](=O)[O-])cc2Cl)ccn1. The monoisotopic (exact) mass is 324 g/mol. The van der Waals surface area contributed by atoms with Crippen LogP contribution < -0.4 is 0 Å². The molecular formula is C13H9ClN2O4S. The van der Waals surface area contributed by atoms with Crippen LogP contribution in [0.1, 0.15) is 16.1 Å². The van der Waals surface area contributed by atoms with Crippen molar-refractivity contribution in [3.8, 4) is 0 Å². The van der Waals surface area contributed by atoms with E-state index in [1.165, 1.54) is 36.2 Å². The van der Waals surface area contributed by atoms with Gasteiger partial charge in [0.25, 0.3) is 5.69 Å². The number of rotatable bonds is 5. The lowest BCUT2D eigenvalue weighted by molar-refractivity contribution is -0.384. The number of pyridine rings is 1. The zero-order valence-electron chi connectivity index (χ0n) is 10.5. The van der Waals surface area contributed by atoms with Crippen molar-refractivity contribution in [2.75, 3.05) is 0 Å². The Bertz CT molecular complexity index is 708. The molecule has 0 aliphatic rings. The number of thioether (sulfide) groups is 1. The van der Waals surface area contributed by atoms with Crippen LogP contribution in [-0.2, 0) is 5.75 Å². The highest BCUT2D eigenvalue weighted by molar-refractivity contribution is 7.98. The Balaban J connectivity index is 2.11. The van der Waals surface area contributed by atoms with Gasteiger partial charge in [-0.05, 0) is 23.8 Å². The molecule has 0 spiro atoms. The molecule has 0 saturated heterocycles. The molecule has 1 N–H and O–H groups in total. The summed E-state index contributed by atoms with van der Waals surface area (Å²) in [5.41, 5.74) is 0.640. The highest BCUT2D eigenvalue weighted by Gasteiger charge is 2.10. The number of nitro benzene ring substituents is 1. The minimum absolute atomic E-state index is 0.0326. The lowest BCUT2D eigenvalue weighted by Crippen LogP contribution is -1.99. The van der Waals surface area contributed by atoms with E-state index in [1.807, 2.05) is 0 Å². The second-order valence-electron chi connectivity index (χ2n) is 4.00. The third kappa shape index (κ3) is 3.93. The van der Waals surface area contributed by atoms with Crippen LogP contribution in [0.2, 0.25) is 5.02 Å². The smallest absolute Gasteiger partial charge is 0.354 e. The molecule has 1 aromatic carbocycles. The molecule has 8 heteroatoms. The van der Waals surface area contributed by atoms with E-state index in [2.05, 4.69) is 4.98 Å². The first-order valence-corrected chi connectivity index (χ1v) is 7.08. The van der Waals surface area contributed by atoms with Gasteiger partial charge in [-0.15, -0.1) is 11.8 Å². The van der Waals surface area contributed by atoms with Crippen molar-refractivity contribution >= 4 is 35.0 Å². The summed E-state index contributed by atoms with van der Waals surface area (Å²) in [7, 11) is 0. The third-order valence-electron chi connectivity index (χ3n) is 2.59. The number of hydrogen-bond acceptors (Lipinski definition) is 5. The summed E-state index contributed by atoms with van der Waals surface area (Å²) in [6.07, 6.45) is 1.42. The summed E-state index contributed by atoms with van der Waals surface area (Å²) in [5.74, 6) is -0.620. The molecule has 0 radical (unpaired) electrons. The first-order chi connectivity index (χ1) is 9.97. The topological polar surface area (TPSA) is 93.3 Å². The van der Waals surface area contributed by atoms with Crippen LogP contribution in [0.15, 0.2) is 41.4 Å². The van der Waals surface area contributed by atoms with E-state index in [1.54, 1.807) is 12.1 Å². The van der Waals surface area contributed by atoms with E-state index in [0.717, 1.165) is 10.5 Å². The maximum absolute atomic E-state index is 10.8. The summed E-state index contributed by atoms with van der Waals surface area (Å²) in [4.78, 5) is 25.4. The van der Waals surface area contributed by atoms with Gasteiger partial charge < -0.3 is 5.11 Å². The van der Waals surface area contributed by atoms with Gasteiger partial charge in [0, 0.05) is 29.0 Å². The van der Waals surface area contributed by atoms with Gasteiger partial charge in [-0.3, -0.25) is 10.1 Å². The second kappa shape index (κ2) is 6.55. The van der Waals surface area contributed by atoms with Gasteiger partial charge in [0.1, 0.15) is 5.69 Å². The number of carboxylic acid groups (broad SMARTS) is 1. The van der Waals surface area contributed by atoms with E-state index in [9.17, 15) is 14.9 Å². The number of carbonyl (C=O) groups is 1. The summed E-state index contributed by atoms with van der Waals surface area (Å²) in [5, 5.41) is 19.8. The largest absolute Gasteiger partial charge is 0.477 e. The second-order valence-corrected chi connectivity index (χ2v) is 5.46. The van der Waals surface area contributed by atoms with Gasteiger partial charge >= 0.3 is 5.97 Å². The fraction of sp³-hybridized carbons (Fsp3) is 0.0769. The fourth-order valence-electron chi connectivity index (χ4n) is 1.55. The van der Waals surface area contributed by atoms with Gasteiger partial charge in [-0.1, -0.05) is 11.6 Å². The number of carboxylic acids is 1. The minimum atomic E-state index is -1.09. The van der Waals surface area contributed by atoms with Crippen molar-refractivity contribution < 1.29 is 14.8 Å². The zero-order chi connectivity index (χ0) is 15.4. The van der Waals surface area contributed by atoms with E-state index in [-0.39, 0.29) is 11.4 Å². The first kappa shape index (κ1) is 15.3. The lowest BCUT2D eigenvalue weighted by Gasteiger charge is -2.05. The number of aromatic nitrogens is 1. The summed E-state index contributed by atoms with van der Waals surface area (Å²) in [6.45, 7) is 0. The fourth-order valence-corrected chi connectivity index (χ4v) is 2.79. The van der Waals surface area contributed by atoms with Crippen molar-refractivity contribution in [3.05, 3.63) is 62.9 Å². The average Bonchev–Trinajstić information content (AvgIpc) is 2.46. The molecule has 0 saturated carbocycles. The quantitative estimate of drug-likeness (QED) is 0.512. The van der Waals surface area contributed by atoms with E-state index in [4.69, 9.17) is 16.7 Å². The van der Waals surface area contributed by atoms with Crippen LogP contribution in [-0.4, -0.2) is 21.0 Å². The molecule has 0 atom stereocenters. The molecule has 108 valence electrons. The van der Waals surface area contributed by atoms with E-state index >= 15 is 0 Å². The van der Waals surface area contributed by atoms with Crippen LogP contribution in [0.5, 0.6) is 0 Å². The van der Waals surface area contributed by atoms with Crippen molar-refractivity contribution in [1.29, 1.82) is 0 Å². The summed E-state index contributed by atoms with van der Waals surface area (Å²) >= 11 is 7.37. The minimum Gasteiger partial charge on any atom is -0.477 e. The number of halogens is 1.